The highest BCUT2D eigenvalue weighted by molar-refractivity contribution is 5.67. The minimum Gasteiger partial charge on any atom is -0.461 e. The van der Waals surface area contributed by atoms with Crippen molar-refractivity contribution in [2.24, 2.45) is 0 Å². The molecule has 0 radical (unpaired) electrons. The number of esters is 1. The van der Waals surface area contributed by atoms with Gasteiger partial charge in [-0.3, -0.25) is 0 Å². The average molecular weight is 209 g/mol. The highest BCUT2D eigenvalue weighted by atomic mass is 16.5. The Morgan fingerprint density at radius 1 is 1.40 bits per heavy atom. The van der Waals surface area contributed by atoms with Crippen LogP contribution in [-0.2, 0) is 16.1 Å². The lowest BCUT2D eigenvalue weighted by Crippen LogP contribution is -2.38. The summed E-state index contributed by atoms with van der Waals surface area (Å²) >= 11 is 0. The number of nitrogens with zero attached hydrogens (tertiary/aromatic N) is 2. The number of rotatable bonds is 4. The summed E-state index contributed by atoms with van der Waals surface area (Å²) in [5, 5.41) is 0. The zero-order valence-electron chi connectivity index (χ0n) is 9.43. The first kappa shape index (κ1) is 11.5. The molecule has 4 nitrogen and oxygen atoms in total. The van der Waals surface area contributed by atoms with Gasteiger partial charge in [0.25, 0.3) is 0 Å². The molecule has 0 aliphatic carbocycles. The van der Waals surface area contributed by atoms with Crippen LogP contribution in [0.15, 0.2) is 24.5 Å². The molecule has 1 heterocycles. The van der Waals surface area contributed by atoms with Crippen LogP contribution in [0.2, 0.25) is 0 Å². The van der Waals surface area contributed by atoms with Crippen LogP contribution in [-0.4, -0.2) is 26.7 Å². The lowest BCUT2D eigenvalue weighted by molar-refractivity contribution is -0.685. The number of ether oxygens (including phenoxy) is 1. The molecule has 0 saturated heterocycles. The Balaban J connectivity index is 2.60. The minimum atomic E-state index is -0.208. The van der Waals surface area contributed by atoms with Crippen molar-refractivity contribution in [1.29, 1.82) is 0 Å². The molecule has 0 unspecified atom stereocenters. The molecule has 0 saturated carbocycles. The summed E-state index contributed by atoms with van der Waals surface area (Å²) in [6.07, 6.45) is 3.73. The largest absolute Gasteiger partial charge is 0.461 e. The predicted molar refractivity (Wildman–Crippen MR) is 57.6 cm³/mol. The quantitative estimate of drug-likeness (QED) is 0.538. The van der Waals surface area contributed by atoms with Crippen LogP contribution < -0.4 is 9.47 Å². The number of aromatic nitrogens is 1. The second-order valence-corrected chi connectivity index (χ2v) is 3.43. The first-order valence-electron chi connectivity index (χ1n) is 4.95. The van der Waals surface area contributed by atoms with Gasteiger partial charge >= 0.3 is 5.97 Å². The molecular weight excluding hydrogens is 192 g/mol. The molecule has 0 aromatic carbocycles. The van der Waals surface area contributed by atoms with Crippen molar-refractivity contribution in [2.75, 3.05) is 25.6 Å². The molecule has 1 aromatic heterocycles. The number of anilines is 1. The van der Waals surface area contributed by atoms with Crippen LogP contribution in [0.1, 0.15) is 6.92 Å². The fraction of sp³-hybridized carbons (Fsp3) is 0.455. The zero-order valence-corrected chi connectivity index (χ0v) is 9.43. The van der Waals surface area contributed by atoms with Gasteiger partial charge in [0.15, 0.2) is 12.4 Å². The van der Waals surface area contributed by atoms with E-state index in [1.165, 1.54) is 0 Å². The summed E-state index contributed by atoms with van der Waals surface area (Å²) < 4.78 is 6.65. The average Bonchev–Trinajstić information content (AvgIpc) is 2.18. The van der Waals surface area contributed by atoms with Crippen molar-refractivity contribution >= 4 is 11.7 Å². The molecular formula is C11H17N2O2+. The van der Waals surface area contributed by atoms with E-state index in [-0.39, 0.29) is 12.5 Å². The van der Waals surface area contributed by atoms with Crippen molar-refractivity contribution < 1.29 is 14.1 Å². The van der Waals surface area contributed by atoms with Gasteiger partial charge in [0, 0.05) is 31.9 Å². The van der Waals surface area contributed by atoms with Gasteiger partial charge in [0.05, 0.1) is 6.61 Å². The molecule has 1 rings (SSSR count). The molecule has 82 valence electrons. The summed E-state index contributed by atoms with van der Waals surface area (Å²) in [6.45, 7) is 2.49. The third-order valence-corrected chi connectivity index (χ3v) is 2.01. The van der Waals surface area contributed by atoms with Gasteiger partial charge in [0.1, 0.15) is 0 Å². The zero-order chi connectivity index (χ0) is 11.3. The Hall–Kier alpha value is -1.58. The van der Waals surface area contributed by atoms with Crippen LogP contribution in [0, 0.1) is 0 Å². The van der Waals surface area contributed by atoms with E-state index in [0.717, 1.165) is 5.69 Å². The summed E-state index contributed by atoms with van der Waals surface area (Å²) in [5.74, 6) is -0.208. The molecule has 0 bridgehead atoms. The number of hydrogen-bond acceptors (Lipinski definition) is 3. The van der Waals surface area contributed by atoms with Gasteiger partial charge in [0.2, 0.25) is 6.54 Å². The summed E-state index contributed by atoms with van der Waals surface area (Å²) in [5.41, 5.74) is 1.11. The number of pyridine rings is 1. The van der Waals surface area contributed by atoms with Crippen LogP contribution in [0.5, 0.6) is 0 Å². The van der Waals surface area contributed by atoms with E-state index in [2.05, 4.69) is 0 Å². The normalized spacial score (nSPS) is 9.80. The fourth-order valence-corrected chi connectivity index (χ4v) is 1.21. The molecule has 0 aliphatic rings. The van der Waals surface area contributed by atoms with Gasteiger partial charge in [-0.25, -0.2) is 4.79 Å². The molecule has 0 amide bonds. The molecule has 0 N–H and O–H groups in total. The van der Waals surface area contributed by atoms with Gasteiger partial charge in [-0.05, 0) is 6.92 Å². The van der Waals surface area contributed by atoms with Gasteiger partial charge in [-0.15, -0.1) is 0 Å². The summed E-state index contributed by atoms with van der Waals surface area (Å²) in [6, 6.07) is 3.92. The van der Waals surface area contributed by atoms with E-state index in [0.29, 0.717) is 6.61 Å². The third kappa shape index (κ3) is 3.58. The van der Waals surface area contributed by atoms with Crippen LogP contribution in [0.3, 0.4) is 0 Å². The smallest absolute Gasteiger partial charge is 0.372 e. The highest BCUT2D eigenvalue weighted by Gasteiger charge is 2.09. The van der Waals surface area contributed by atoms with E-state index in [4.69, 9.17) is 4.74 Å². The number of hydrogen-bond donors (Lipinski definition) is 0. The van der Waals surface area contributed by atoms with Crippen molar-refractivity contribution in [2.45, 2.75) is 13.5 Å². The lowest BCUT2D eigenvalue weighted by Gasteiger charge is -2.10. The molecule has 1 aromatic rings. The summed E-state index contributed by atoms with van der Waals surface area (Å²) in [4.78, 5) is 13.2. The standard InChI is InChI=1S/C11H17N2O2/c1-4-15-11(14)9-13-7-5-10(6-8-13)12(2)3/h5-8H,4,9H2,1-3H3/q+1. The topological polar surface area (TPSA) is 33.4 Å². The van der Waals surface area contributed by atoms with E-state index >= 15 is 0 Å². The third-order valence-electron chi connectivity index (χ3n) is 2.01. The monoisotopic (exact) mass is 209 g/mol. The molecule has 0 atom stereocenters. The first-order valence-corrected chi connectivity index (χ1v) is 4.95. The molecule has 0 aliphatic heterocycles. The second-order valence-electron chi connectivity index (χ2n) is 3.43. The highest BCUT2D eigenvalue weighted by Crippen LogP contribution is 2.05. The molecule has 4 heteroatoms. The maximum atomic E-state index is 11.2. The lowest BCUT2D eigenvalue weighted by atomic mass is 10.4. The SMILES string of the molecule is CCOC(=O)C[n+]1ccc(N(C)C)cc1. The predicted octanol–water partition coefficient (Wildman–Crippen LogP) is 0.603. The summed E-state index contributed by atoms with van der Waals surface area (Å²) in [7, 11) is 3.95. The Morgan fingerprint density at radius 2 is 2.00 bits per heavy atom. The maximum Gasteiger partial charge on any atom is 0.372 e. The van der Waals surface area contributed by atoms with Gasteiger partial charge < -0.3 is 9.64 Å². The molecule has 15 heavy (non-hydrogen) atoms. The minimum absolute atomic E-state index is 0.208. The van der Waals surface area contributed by atoms with Crippen molar-refractivity contribution in [3.63, 3.8) is 0 Å². The Labute approximate surface area is 90.1 Å². The van der Waals surface area contributed by atoms with Crippen molar-refractivity contribution in [1.82, 2.24) is 0 Å². The Bertz CT molecular complexity index is 320. The van der Waals surface area contributed by atoms with Gasteiger partial charge in [-0.1, -0.05) is 0 Å². The van der Waals surface area contributed by atoms with E-state index in [1.54, 1.807) is 11.5 Å². The first-order chi connectivity index (χ1) is 7.13. The van der Waals surface area contributed by atoms with Crippen molar-refractivity contribution in [3.05, 3.63) is 24.5 Å². The van der Waals surface area contributed by atoms with E-state index < -0.39 is 0 Å². The molecule has 0 spiro atoms. The molecule has 0 fully saturated rings. The number of carbonyl (C=O) groups is 1. The van der Waals surface area contributed by atoms with Crippen LogP contribution >= 0.6 is 0 Å². The Kier molecular flexibility index (Phi) is 4.09. The van der Waals surface area contributed by atoms with E-state index in [1.807, 2.05) is 43.5 Å². The van der Waals surface area contributed by atoms with E-state index in [9.17, 15) is 4.79 Å². The Morgan fingerprint density at radius 3 is 2.47 bits per heavy atom. The maximum absolute atomic E-state index is 11.2. The van der Waals surface area contributed by atoms with Crippen LogP contribution in [0.25, 0.3) is 0 Å². The van der Waals surface area contributed by atoms with Crippen LogP contribution in [0.4, 0.5) is 5.69 Å². The number of carbonyl (C=O) groups excluding carboxylic acids is 1. The fourth-order valence-electron chi connectivity index (χ4n) is 1.21. The van der Waals surface area contributed by atoms with Crippen molar-refractivity contribution in [3.8, 4) is 0 Å². The van der Waals surface area contributed by atoms with Gasteiger partial charge in [-0.2, -0.15) is 4.57 Å². The second kappa shape index (κ2) is 5.34.